The highest BCUT2D eigenvalue weighted by molar-refractivity contribution is 7.92. The molecular formula is C22H30N2O5S. The number of sulfonamides is 1. The third-order valence-electron chi connectivity index (χ3n) is 4.94. The van der Waals surface area contributed by atoms with Crippen LogP contribution in [-0.2, 0) is 14.8 Å². The van der Waals surface area contributed by atoms with Gasteiger partial charge in [-0.25, -0.2) is 8.42 Å². The molecule has 0 saturated heterocycles. The number of benzene rings is 2. The zero-order valence-electron chi connectivity index (χ0n) is 18.3. The summed E-state index contributed by atoms with van der Waals surface area (Å²) in [6, 6.07) is 11.2. The lowest BCUT2D eigenvalue weighted by molar-refractivity contribution is -0.120. The first-order valence-corrected chi connectivity index (χ1v) is 11.1. The zero-order chi connectivity index (χ0) is 22.5. The fourth-order valence-corrected chi connectivity index (χ4v) is 4.14. The SMILES string of the molecule is COc1ccc(N(CC(=O)N[C@H](C)C(C)C)S(=O)(=O)c2ccc(C)cc2)cc1OC. The number of ether oxygens (including phenoxy) is 2. The molecule has 7 nitrogen and oxygen atoms in total. The molecule has 0 aliphatic carbocycles. The van der Waals surface area contributed by atoms with Gasteiger partial charge in [0.2, 0.25) is 5.91 Å². The van der Waals surface area contributed by atoms with Gasteiger partial charge in [0.15, 0.2) is 11.5 Å². The molecule has 0 radical (unpaired) electrons. The monoisotopic (exact) mass is 434 g/mol. The van der Waals surface area contributed by atoms with Crippen LogP contribution in [0.4, 0.5) is 5.69 Å². The largest absolute Gasteiger partial charge is 0.493 e. The maximum atomic E-state index is 13.4. The minimum absolute atomic E-state index is 0.0909. The number of methoxy groups -OCH3 is 2. The molecule has 0 aliphatic heterocycles. The Morgan fingerprint density at radius 3 is 2.13 bits per heavy atom. The van der Waals surface area contributed by atoms with Gasteiger partial charge in [-0.1, -0.05) is 31.5 Å². The Morgan fingerprint density at radius 1 is 1.00 bits per heavy atom. The van der Waals surface area contributed by atoms with E-state index in [-0.39, 0.29) is 29.3 Å². The molecule has 0 heterocycles. The second kappa shape index (κ2) is 9.84. The van der Waals surface area contributed by atoms with Crippen LogP contribution >= 0.6 is 0 Å². The predicted molar refractivity (Wildman–Crippen MR) is 118 cm³/mol. The fourth-order valence-electron chi connectivity index (χ4n) is 2.73. The minimum atomic E-state index is -3.99. The average molecular weight is 435 g/mol. The molecule has 2 rings (SSSR count). The van der Waals surface area contributed by atoms with Crippen LogP contribution in [-0.4, -0.2) is 41.1 Å². The molecule has 2 aromatic carbocycles. The minimum Gasteiger partial charge on any atom is -0.493 e. The molecule has 0 fully saturated rings. The van der Waals surface area contributed by atoms with E-state index in [1.54, 1.807) is 30.3 Å². The molecule has 0 aromatic heterocycles. The van der Waals surface area contributed by atoms with Gasteiger partial charge in [-0.3, -0.25) is 9.10 Å². The van der Waals surface area contributed by atoms with Crippen molar-refractivity contribution in [2.24, 2.45) is 5.92 Å². The second-order valence-corrected chi connectivity index (χ2v) is 9.33. The van der Waals surface area contributed by atoms with E-state index >= 15 is 0 Å². The van der Waals surface area contributed by atoms with E-state index in [2.05, 4.69) is 5.32 Å². The van der Waals surface area contributed by atoms with E-state index in [0.29, 0.717) is 17.2 Å². The Labute approximate surface area is 179 Å². The molecule has 8 heteroatoms. The molecule has 1 atom stereocenters. The molecule has 0 saturated carbocycles. The number of carbonyl (C=O) groups is 1. The van der Waals surface area contributed by atoms with Crippen molar-refractivity contribution in [3.63, 3.8) is 0 Å². The van der Waals surface area contributed by atoms with Crippen molar-refractivity contribution in [2.45, 2.75) is 38.6 Å². The third-order valence-corrected chi connectivity index (χ3v) is 6.73. The first-order valence-electron chi connectivity index (χ1n) is 9.71. The Balaban J connectivity index is 2.49. The Morgan fingerprint density at radius 2 is 1.60 bits per heavy atom. The van der Waals surface area contributed by atoms with Gasteiger partial charge in [0.1, 0.15) is 6.54 Å². The van der Waals surface area contributed by atoms with E-state index in [4.69, 9.17) is 9.47 Å². The molecule has 0 aliphatic rings. The lowest BCUT2D eigenvalue weighted by Gasteiger charge is -2.26. The van der Waals surface area contributed by atoms with Crippen LogP contribution in [0.25, 0.3) is 0 Å². The van der Waals surface area contributed by atoms with Crippen molar-refractivity contribution < 1.29 is 22.7 Å². The molecule has 1 N–H and O–H groups in total. The first-order chi connectivity index (χ1) is 14.1. The van der Waals surface area contributed by atoms with Crippen LogP contribution in [0.2, 0.25) is 0 Å². The fraction of sp³-hybridized carbons (Fsp3) is 0.409. The van der Waals surface area contributed by atoms with Gasteiger partial charge in [0, 0.05) is 12.1 Å². The smallest absolute Gasteiger partial charge is 0.264 e. The number of hydrogen-bond acceptors (Lipinski definition) is 5. The normalized spacial score (nSPS) is 12.4. The summed E-state index contributed by atoms with van der Waals surface area (Å²) in [7, 11) is -1.02. The zero-order valence-corrected chi connectivity index (χ0v) is 19.1. The average Bonchev–Trinajstić information content (AvgIpc) is 2.71. The number of rotatable bonds is 9. The Hall–Kier alpha value is -2.74. The number of hydrogen-bond donors (Lipinski definition) is 1. The summed E-state index contributed by atoms with van der Waals surface area (Å²) >= 11 is 0. The highest BCUT2D eigenvalue weighted by Crippen LogP contribution is 2.33. The van der Waals surface area contributed by atoms with Gasteiger partial charge in [-0.2, -0.15) is 0 Å². The summed E-state index contributed by atoms with van der Waals surface area (Å²) in [4.78, 5) is 12.8. The maximum Gasteiger partial charge on any atom is 0.264 e. The highest BCUT2D eigenvalue weighted by Gasteiger charge is 2.28. The van der Waals surface area contributed by atoms with E-state index in [1.165, 1.54) is 26.4 Å². The van der Waals surface area contributed by atoms with Crippen LogP contribution < -0.4 is 19.1 Å². The predicted octanol–water partition coefficient (Wildman–Crippen LogP) is 3.37. The number of anilines is 1. The van der Waals surface area contributed by atoms with Gasteiger partial charge in [0.05, 0.1) is 24.8 Å². The topological polar surface area (TPSA) is 84.9 Å². The van der Waals surface area contributed by atoms with Gasteiger partial charge in [0.25, 0.3) is 10.0 Å². The molecule has 164 valence electrons. The summed E-state index contributed by atoms with van der Waals surface area (Å²) in [6.07, 6.45) is 0. The van der Waals surface area contributed by atoms with Crippen molar-refractivity contribution in [1.82, 2.24) is 5.32 Å². The number of amides is 1. The highest BCUT2D eigenvalue weighted by atomic mass is 32.2. The summed E-state index contributed by atoms with van der Waals surface area (Å²) in [5.41, 5.74) is 1.25. The number of nitrogens with zero attached hydrogens (tertiary/aromatic N) is 1. The van der Waals surface area contributed by atoms with Crippen molar-refractivity contribution in [3.8, 4) is 11.5 Å². The van der Waals surface area contributed by atoms with Gasteiger partial charge >= 0.3 is 0 Å². The summed E-state index contributed by atoms with van der Waals surface area (Å²) < 4.78 is 38.5. The van der Waals surface area contributed by atoms with Crippen LogP contribution in [0.15, 0.2) is 47.4 Å². The van der Waals surface area contributed by atoms with E-state index in [1.807, 2.05) is 27.7 Å². The Bertz CT molecular complexity index is 972. The van der Waals surface area contributed by atoms with E-state index in [0.717, 1.165) is 9.87 Å². The molecule has 0 bridgehead atoms. The lowest BCUT2D eigenvalue weighted by atomic mass is 10.1. The van der Waals surface area contributed by atoms with Crippen molar-refractivity contribution in [2.75, 3.05) is 25.1 Å². The van der Waals surface area contributed by atoms with Crippen LogP contribution in [0, 0.1) is 12.8 Å². The second-order valence-electron chi connectivity index (χ2n) is 7.46. The third kappa shape index (κ3) is 5.44. The van der Waals surface area contributed by atoms with Crippen LogP contribution in [0.1, 0.15) is 26.3 Å². The molecule has 1 amide bonds. The standard InChI is InChI=1S/C22H30N2O5S/c1-15(2)17(4)23-22(25)14-24(18-9-12-20(28-5)21(13-18)29-6)30(26,27)19-10-7-16(3)8-11-19/h7-13,15,17H,14H2,1-6H3,(H,23,25)/t17-/m1/s1. The summed E-state index contributed by atoms with van der Waals surface area (Å²) in [5, 5.41) is 2.86. The lowest BCUT2D eigenvalue weighted by Crippen LogP contribution is -2.45. The van der Waals surface area contributed by atoms with E-state index in [9.17, 15) is 13.2 Å². The van der Waals surface area contributed by atoms with Gasteiger partial charge in [-0.05, 0) is 44.0 Å². The van der Waals surface area contributed by atoms with Crippen LogP contribution in [0.3, 0.4) is 0 Å². The Kier molecular flexibility index (Phi) is 7.72. The van der Waals surface area contributed by atoms with Gasteiger partial charge in [-0.15, -0.1) is 0 Å². The molecular weight excluding hydrogens is 404 g/mol. The number of nitrogens with one attached hydrogen (secondary N) is 1. The first kappa shape index (κ1) is 23.5. The quantitative estimate of drug-likeness (QED) is 0.654. The molecule has 0 spiro atoms. The summed E-state index contributed by atoms with van der Waals surface area (Å²) in [6.45, 7) is 7.38. The van der Waals surface area contributed by atoms with Crippen LogP contribution in [0.5, 0.6) is 11.5 Å². The molecule has 0 unspecified atom stereocenters. The molecule has 2 aromatic rings. The number of aryl methyl sites for hydroxylation is 1. The number of carbonyl (C=O) groups excluding carboxylic acids is 1. The van der Waals surface area contributed by atoms with Gasteiger partial charge < -0.3 is 14.8 Å². The van der Waals surface area contributed by atoms with Crippen molar-refractivity contribution in [1.29, 1.82) is 0 Å². The van der Waals surface area contributed by atoms with Crippen molar-refractivity contribution >= 4 is 21.6 Å². The maximum absolute atomic E-state index is 13.4. The van der Waals surface area contributed by atoms with Crippen molar-refractivity contribution in [3.05, 3.63) is 48.0 Å². The molecule has 30 heavy (non-hydrogen) atoms. The van der Waals surface area contributed by atoms with E-state index < -0.39 is 10.0 Å². The summed E-state index contributed by atoms with van der Waals surface area (Å²) in [5.74, 6) is 0.667.